The van der Waals surface area contributed by atoms with Crippen molar-refractivity contribution in [2.24, 2.45) is 22.1 Å². The summed E-state index contributed by atoms with van der Waals surface area (Å²) in [6, 6.07) is 0.485. The summed E-state index contributed by atoms with van der Waals surface area (Å²) in [6.45, 7) is 8.62. The minimum Gasteiger partial charge on any atom is -0.387 e. The molecule has 76 valence electrons. The van der Waals surface area contributed by atoms with Crippen LogP contribution in [-0.2, 0) is 0 Å². The second-order valence-electron chi connectivity index (χ2n) is 5.24. The van der Waals surface area contributed by atoms with Gasteiger partial charge >= 0.3 is 0 Å². The number of hydrogen-bond acceptors (Lipinski definition) is 1. The average Bonchev–Trinajstić information content (AvgIpc) is 2.34. The Labute approximate surface area is 81.6 Å². The maximum atomic E-state index is 5.94. The monoisotopic (exact) mass is 182 g/mol. The first-order valence-corrected chi connectivity index (χ1v) is 5.25. The van der Waals surface area contributed by atoms with Crippen LogP contribution in [0.25, 0.3) is 0 Å². The maximum absolute atomic E-state index is 5.94. The van der Waals surface area contributed by atoms with Crippen molar-refractivity contribution >= 4 is 5.84 Å². The van der Waals surface area contributed by atoms with Crippen molar-refractivity contribution in [3.63, 3.8) is 0 Å². The molecule has 0 heterocycles. The normalized spacial score (nSPS) is 30.9. The highest BCUT2D eigenvalue weighted by Gasteiger charge is 2.25. The van der Waals surface area contributed by atoms with Crippen LogP contribution in [0.15, 0.2) is 4.99 Å². The van der Waals surface area contributed by atoms with Gasteiger partial charge in [-0.1, -0.05) is 34.1 Å². The standard InChI is InChI=1S/C11H22N2/c1-8-6-5-7-9(8)13-10(12)11(2,3)4/h8-9H,5-7H2,1-4H3,(H2,12,13). The van der Waals surface area contributed by atoms with Gasteiger partial charge in [0.1, 0.15) is 0 Å². The third-order valence-electron chi connectivity index (χ3n) is 2.89. The van der Waals surface area contributed by atoms with E-state index in [0.29, 0.717) is 6.04 Å². The molecule has 0 bridgehead atoms. The van der Waals surface area contributed by atoms with Crippen LogP contribution in [0.3, 0.4) is 0 Å². The molecule has 2 nitrogen and oxygen atoms in total. The Morgan fingerprint density at radius 2 is 1.92 bits per heavy atom. The highest BCUT2D eigenvalue weighted by Crippen LogP contribution is 2.28. The largest absolute Gasteiger partial charge is 0.387 e. The Hall–Kier alpha value is -0.530. The zero-order valence-corrected chi connectivity index (χ0v) is 9.30. The predicted octanol–water partition coefficient (Wildman–Crippen LogP) is 2.58. The maximum Gasteiger partial charge on any atom is 0.0994 e. The Bertz CT molecular complexity index is 201. The van der Waals surface area contributed by atoms with E-state index in [4.69, 9.17) is 5.73 Å². The summed E-state index contributed by atoms with van der Waals surface area (Å²) in [6.07, 6.45) is 3.84. The highest BCUT2D eigenvalue weighted by atomic mass is 14.9. The molecule has 13 heavy (non-hydrogen) atoms. The number of nitrogens with two attached hydrogens (primary N) is 1. The van der Waals surface area contributed by atoms with Gasteiger partial charge in [0.2, 0.25) is 0 Å². The lowest BCUT2D eigenvalue weighted by atomic mass is 9.95. The number of nitrogens with zero attached hydrogens (tertiary/aromatic N) is 1. The Kier molecular flexibility index (Phi) is 2.99. The number of rotatable bonds is 1. The van der Waals surface area contributed by atoms with Gasteiger partial charge in [-0.3, -0.25) is 4.99 Å². The van der Waals surface area contributed by atoms with Gasteiger partial charge in [-0.15, -0.1) is 0 Å². The van der Waals surface area contributed by atoms with Crippen LogP contribution in [-0.4, -0.2) is 11.9 Å². The third-order valence-corrected chi connectivity index (χ3v) is 2.89. The first kappa shape index (κ1) is 10.6. The molecular weight excluding hydrogens is 160 g/mol. The number of amidine groups is 1. The van der Waals surface area contributed by atoms with Crippen molar-refractivity contribution in [2.75, 3.05) is 0 Å². The molecule has 0 aromatic heterocycles. The molecule has 1 aliphatic carbocycles. The summed E-state index contributed by atoms with van der Waals surface area (Å²) in [5, 5.41) is 0. The third kappa shape index (κ3) is 2.71. The summed E-state index contributed by atoms with van der Waals surface area (Å²) in [7, 11) is 0. The van der Waals surface area contributed by atoms with E-state index < -0.39 is 0 Å². The van der Waals surface area contributed by atoms with Gasteiger partial charge in [-0.2, -0.15) is 0 Å². The molecule has 0 aliphatic heterocycles. The van der Waals surface area contributed by atoms with Crippen LogP contribution in [0, 0.1) is 11.3 Å². The van der Waals surface area contributed by atoms with Crippen LogP contribution in [0.1, 0.15) is 47.0 Å². The van der Waals surface area contributed by atoms with Crippen molar-refractivity contribution in [1.29, 1.82) is 0 Å². The summed E-state index contributed by atoms with van der Waals surface area (Å²) >= 11 is 0. The molecule has 1 fully saturated rings. The molecule has 1 aliphatic rings. The van der Waals surface area contributed by atoms with E-state index in [1.807, 2.05) is 0 Å². The molecule has 0 spiro atoms. The molecule has 1 saturated carbocycles. The molecule has 2 unspecified atom stereocenters. The van der Waals surface area contributed by atoms with Gasteiger partial charge in [0.15, 0.2) is 0 Å². The summed E-state index contributed by atoms with van der Waals surface area (Å²) in [5.41, 5.74) is 5.97. The van der Waals surface area contributed by atoms with E-state index >= 15 is 0 Å². The molecule has 1 rings (SSSR count). The second-order valence-corrected chi connectivity index (χ2v) is 5.24. The van der Waals surface area contributed by atoms with E-state index in [2.05, 4.69) is 32.7 Å². The minimum atomic E-state index is 0.0301. The molecule has 2 heteroatoms. The average molecular weight is 182 g/mol. The first-order chi connectivity index (χ1) is 5.91. The van der Waals surface area contributed by atoms with Crippen molar-refractivity contribution in [3.8, 4) is 0 Å². The molecule has 0 amide bonds. The quantitative estimate of drug-likeness (QED) is 0.491. The lowest BCUT2D eigenvalue weighted by molar-refractivity contribution is 0.511. The fraction of sp³-hybridized carbons (Fsp3) is 0.909. The second kappa shape index (κ2) is 3.69. The predicted molar refractivity (Wildman–Crippen MR) is 57.9 cm³/mol. The molecule has 0 saturated heterocycles. The zero-order chi connectivity index (χ0) is 10.1. The van der Waals surface area contributed by atoms with Crippen LogP contribution >= 0.6 is 0 Å². The van der Waals surface area contributed by atoms with E-state index in [0.717, 1.165) is 11.8 Å². The van der Waals surface area contributed by atoms with Gasteiger partial charge in [0.25, 0.3) is 0 Å². The fourth-order valence-corrected chi connectivity index (χ4v) is 1.69. The van der Waals surface area contributed by atoms with Crippen molar-refractivity contribution in [1.82, 2.24) is 0 Å². The SMILES string of the molecule is CC1CCCC1N=C(N)C(C)(C)C. The molecule has 0 radical (unpaired) electrons. The van der Waals surface area contributed by atoms with E-state index in [1.54, 1.807) is 0 Å². The molecule has 0 aromatic carbocycles. The van der Waals surface area contributed by atoms with E-state index in [9.17, 15) is 0 Å². The molecule has 0 aromatic rings. The molecule has 2 N–H and O–H groups in total. The van der Waals surface area contributed by atoms with Crippen molar-refractivity contribution in [2.45, 2.75) is 53.0 Å². The van der Waals surface area contributed by atoms with Crippen molar-refractivity contribution in [3.05, 3.63) is 0 Å². The first-order valence-electron chi connectivity index (χ1n) is 5.25. The lowest BCUT2D eigenvalue weighted by Gasteiger charge is -2.20. The smallest absolute Gasteiger partial charge is 0.0994 e. The summed E-state index contributed by atoms with van der Waals surface area (Å²) < 4.78 is 0. The van der Waals surface area contributed by atoms with Gasteiger partial charge in [-0.25, -0.2) is 0 Å². The van der Waals surface area contributed by atoms with Crippen LogP contribution in [0.5, 0.6) is 0 Å². The lowest BCUT2D eigenvalue weighted by Crippen LogP contribution is -2.31. The van der Waals surface area contributed by atoms with Gasteiger partial charge in [0, 0.05) is 5.41 Å². The molecule has 2 atom stereocenters. The Morgan fingerprint density at radius 1 is 1.31 bits per heavy atom. The van der Waals surface area contributed by atoms with Crippen molar-refractivity contribution < 1.29 is 0 Å². The summed E-state index contributed by atoms with van der Waals surface area (Å²) in [4.78, 5) is 4.62. The van der Waals surface area contributed by atoms with Gasteiger partial charge in [0.05, 0.1) is 11.9 Å². The van der Waals surface area contributed by atoms with E-state index in [1.165, 1.54) is 19.3 Å². The number of hydrogen-bond donors (Lipinski definition) is 1. The highest BCUT2D eigenvalue weighted by molar-refractivity contribution is 5.85. The van der Waals surface area contributed by atoms with Gasteiger partial charge in [-0.05, 0) is 18.8 Å². The minimum absolute atomic E-state index is 0.0301. The zero-order valence-electron chi connectivity index (χ0n) is 9.30. The Morgan fingerprint density at radius 3 is 2.31 bits per heavy atom. The topological polar surface area (TPSA) is 38.4 Å². The van der Waals surface area contributed by atoms with E-state index in [-0.39, 0.29) is 5.41 Å². The summed E-state index contributed by atoms with van der Waals surface area (Å²) in [5.74, 6) is 1.53. The van der Waals surface area contributed by atoms with Crippen LogP contribution in [0.4, 0.5) is 0 Å². The number of aliphatic imine (C=N–C) groups is 1. The fourth-order valence-electron chi connectivity index (χ4n) is 1.69. The Balaban J connectivity index is 2.64. The van der Waals surface area contributed by atoms with Crippen LogP contribution < -0.4 is 5.73 Å². The molecular formula is C11H22N2. The van der Waals surface area contributed by atoms with Crippen LogP contribution in [0.2, 0.25) is 0 Å². The van der Waals surface area contributed by atoms with Gasteiger partial charge < -0.3 is 5.73 Å².